The molecule has 0 radical (unpaired) electrons. The number of aromatic nitrogens is 2. The molecule has 0 saturated heterocycles. The molecule has 2 heterocycles. The molecule has 0 bridgehead atoms. The zero-order valence-electron chi connectivity index (χ0n) is 41.0. The zero-order valence-corrected chi connectivity index (χ0v) is 41.0. The summed E-state index contributed by atoms with van der Waals surface area (Å²) < 4.78 is 50.5. The van der Waals surface area contributed by atoms with E-state index in [2.05, 4.69) is 219 Å². The molecule has 0 saturated carbocycles. The topological polar surface area (TPSA) is 57.4 Å². The van der Waals surface area contributed by atoms with Crippen LogP contribution in [0.5, 0.6) is 0 Å². The second-order valence-corrected chi connectivity index (χ2v) is 19.4. The van der Waals surface area contributed by atoms with Crippen molar-refractivity contribution in [3.63, 3.8) is 0 Å². The summed E-state index contributed by atoms with van der Waals surface area (Å²) in [5.41, 5.74) is 15.2. The summed E-state index contributed by atoms with van der Waals surface area (Å²) in [6, 6.07) is 70.5. The van der Waals surface area contributed by atoms with E-state index in [4.69, 9.17) is 0 Å². The number of hydrogen-bond acceptors (Lipinski definition) is 2. The fourth-order valence-corrected chi connectivity index (χ4v) is 10.7. The number of hydrogen-bond donors (Lipinski definition) is 0. The first-order valence-electron chi connectivity index (χ1n) is 24.5. The molecule has 10 aromatic carbocycles. The standard InChI is InChI=1S/C67H45F3N4/c1-40-8-16-44(17-9-40)48-24-28-54-55-29-25-49(45-18-10-41(2)11-19-45)33-61(55)73(60(54)32-48)64-36-53(39-72)58(66-52(38-71)6-5-7-59(66)67(68,69)70)37-65(64)74-62-34-50(46-20-12-42(3)13-21-46)26-30-56(62)57-31-27-51(35-63(57)74)47-22-14-43(4)15-23-47/h5-37H,1-4H3. The van der Waals surface area contributed by atoms with Crippen LogP contribution in [0.15, 0.2) is 200 Å². The highest BCUT2D eigenvalue weighted by Gasteiger charge is 2.36. The summed E-state index contributed by atoms with van der Waals surface area (Å²) in [5, 5.41) is 25.7. The van der Waals surface area contributed by atoms with Crippen molar-refractivity contribution in [2.24, 2.45) is 0 Å². The molecule has 2 aromatic heterocycles. The summed E-state index contributed by atoms with van der Waals surface area (Å²) in [6.07, 6.45) is -4.85. The van der Waals surface area contributed by atoms with Gasteiger partial charge >= 0.3 is 6.18 Å². The van der Waals surface area contributed by atoms with Crippen LogP contribution in [0.4, 0.5) is 13.2 Å². The lowest BCUT2D eigenvalue weighted by molar-refractivity contribution is -0.137. The van der Waals surface area contributed by atoms with Gasteiger partial charge in [0.2, 0.25) is 0 Å². The van der Waals surface area contributed by atoms with E-state index >= 15 is 13.2 Å². The van der Waals surface area contributed by atoms with Crippen LogP contribution in [0.3, 0.4) is 0 Å². The number of rotatable bonds is 7. The molecule has 0 aliphatic carbocycles. The van der Waals surface area contributed by atoms with Crippen molar-refractivity contribution in [1.82, 2.24) is 9.13 Å². The summed E-state index contributed by atoms with van der Waals surface area (Å²) >= 11 is 0. The number of alkyl halides is 3. The Morgan fingerprint density at radius 2 is 0.662 bits per heavy atom. The second kappa shape index (κ2) is 17.7. The third-order valence-electron chi connectivity index (χ3n) is 14.6. The summed E-state index contributed by atoms with van der Waals surface area (Å²) in [7, 11) is 0. The van der Waals surface area contributed by atoms with Crippen LogP contribution in [-0.2, 0) is 6.18 Å². The number of aryl methyl sites for hydroxylation is 4. The molecular formula is C67H45F3N4. The highest BCUT2D eigenvalue weighted by atomic mass is 19.4. The molecule has 354 valence electrons. The van der Waals surface area contributed by atoms with Crippen molar-refractivity contribution < 1.29 is 13.2 Å². The van der Waals surface area contributed by atoms with Crippen molar-refractivity contribution >= 4 is 43.6 Å². The maximum Gasteiger partial charge on any atom is 0.417 e. The lowest BCUT2D eigenvalue weighted by Gasteiger charge is -2.22. The molecule has 4 nitrogen and oxygen atoms in total. The molecule has 0 atom stereocenters. The van der Waals surface area contributed by atoms with Crippen LogP contribution in [0, 0.1) is 50.4 Å². The predicted molar refractivity (Wildman–Crippen MR) is 296 cm³/mol. The molecule has 0 aliphatic heterocycles. The van der Waals surface area contributed by atoms with E-state index in [9.17, 15) is 10.5 Å². The van der Waals surface area contributed by atoms with Crippen LogP contribution in [0.2, 0.25) is 0 Å². The SMILES string of the molecule is Cc1ccc(-c2ccc3c4ccc(-c5ccc(C)cc5)cc4n(-c4cc(C#N)c(-c5c(C#N)cccc5C(F)(F)F)cc4-n4c5cc(-c6ccc(C)cc6)ccc5c5ccc(-c6ccc(C)cc6)cc54)c3c2)cc1. The molecule has 12 aromatic rings. The van der Waals surface area contributed by atoms with Gasteiger partial charge in [0.15, 0.2) is 0 Å². The fourth-order valence-electron chi connectivity index (χ4n) is 10.7. The molecule has 7 heteroatoms. The van der Waals surface area contributed by atoms with Crippen molar-refractivity contribution in [2.75, 3.05) is 0 Å². The Labute approximate surface area is 426 Å². The summed E-state index contributed by atoms with van der Waals surface area (Å²) in [5.74, 6) is 0. The summed E-state index contributed by atoms with van der Waals surface area (Å²) in [4.78, 5) is 0. The van der Waals surface area contributed by atoms with E-state index in [1.165, 1.54) is 12.1 Å². The zero-order chi connectivity index (χ0) is 51.0. The van der Waals surface area contributed by atoms with E-state index in [0.29, 0.717) is 11.4 Å². The number of fused-ring (bicyclic) bond motifs is 6. The lowest BCUT2D eigenvalue weighted by atomic mass is 9.90. The van der Waals surface area contributed by atoms with Crippen LogP contribution >= 0.6 is 0 Å². The van der Waals surface area contributed by atoms with Crippen molar-refractivity contribution in [3.8, 4) is 79.1 Å². The van der Waals surface area contributed by atoms with Crippen LogP contribution in [0.1, 0.15) is 38.9 Å². The summed E-state index contributed by atoms with van der Waals surface area (Å²) in [6.45, 7) is 8.22. The maximum absolute atomic E-state index is 15.4. The monoisotopic (exact) mass is 962 g/mol. The van der Waals surface area contributed by atoms with Gasteiger partial charge in [0.25, 0.3) is 0 Å². The van der Waals surface area contributed by atoms with Gasteiger partial charge in [-0.15, -0.1) is 0 Å². The van der Waals surface area contributed by atoms with Crippen molar-refractivity contribution in [3.05, 3.63) is 239 Å². The van der Waals surface area contributed by atoms with E-state index < -0.39 is 11.7 Å². The minimum absolute atomic E-state index is 0.00319. The fraction of sp³-hybridized carbons (Fsp3) is 0.0746. The average Bonchev–Trinajstić information content (AvgIpc) is 3.91. The van der Waals surface area contributed by atoms with Crippen LogP contribution < -0.4 is 0 Å². The van der Waals surface area contributed by atoms with Crippen LogP contribution in [-0.4, -0.2) is 9.13 Å². The van der Waals surface area contributed by atoms with E-state index in [-0.39, 0.29) is 22.3 Å². The molecular weight excluding hydrogens is 918 g/mol. The van der Waals surface area contributed by atoms with Gasteiger partial charge in [-0.3, -0.25) is 0 Å². The van der Waals surface area contributed by atoms with Crippen LogP contribution in [0.25, 0.3) is 111 Å². The highest BCUT2D eigenvalue weighted by molar-refractivity contribution is 6.14. The third kappa shape index (κ3) is 7.78. The van der Waals surface area contributed by atoms with Gasteiger partial charge in [0.1, 0.15) is 0 Å². The third-order valence-corrected chi connectivity index (χ3v) is 14.6. The normalized spacial score (nSPS) is 11.7. The number of nitriles is 2. The predicted octanol–water partition coefficient (Wildman–Crippen LogP) is 18.2. The van der Waals surface area contributed by atoms with Gasteiger partial charge in [0, 0.05) is 32.7 Å². The highest BCUT2D eigenvalue weighted by Crippen LogP contribution is 2.46. The molecule has 0 spiro atoms. The van der Waals surface area contributed by atoms with Gasteiger partial charge in [0.05, 0.1) is 62.3 Å². The first-order valence-corrected chi connectivity index (χ1v) is 24.5. The van der Waals surface area contributed by atoms with Gasteiger partial charge in [-0.2, -0.15) is 23.7 Å². The molecule has 0 fully saturated rings. The van der Waals surface area contributed by atoms with E-state index in [1.54, 1.807) is 12.1 Å². The Kier molecular flexibility index (Phi) is 10.9. The first kappa shape index (κ1) is 45.7. The lowest BCUT2D eigenvalue weighted by Crippen LogP contribution is -2.10. The number of nitrogens with zero attached hydrogens (tertiary/aromatic N) is 4. The van der Waals surface area contributed by atoms with Gasteiger partial charge < -0.3 is 9.13 Å². The van der Waals surface area contributed by atoms with Gasteiger partial charge in [-0.1, -0.05) is 174 Å². The Balaban J connectivity index is 1.28. The molecule has 0 unspecified atom stereocenters. The smallest absolute Gasteiger partial charge is 0.307 e. The number of halogens is 3. The molecule has 0 N–H and O–H groups in total. The van der Waals surface area contributed by atoms with Crippen molar-refractivity contribution in [2.45, 2.75) is 33.9 Å². The maximum atomic E-state index is 15.4. The van der Waals surface area contributed by atoms with E-state index in [0.717, 1.165) is 116 Å². The minimum Gasteiger partial charge on any atom is -0.307 e. The Morgan fingerprint density at radius 3 is 0.973 bits per heavy atom. The van der Waals surface area contributed by atoms with Crippen molar-refractivity contribution in [1.29, 1.82) is 10.5 Å². The van der Waals surface area contributed by atoms with E-state index in [1.807, 2.05) is 0 Å². The molecule has 0 amide bonds. The average molecular weight is 963 g/mol. The number of benzene rings is 10. The quantitative estimate of drug-likeness (QED) is 0.160. The first-order chi connectivity index (χ1) is 35.8. The largest absolute Gasteiger partial charge is 0.417 e. The van der Waals surface area contributed by atoms with Gasteiger partial charge in [-0.05, 0) is 121 Å². The van der Waals surface area contributed by atoms with Gasteiger partial charge in [-0.25, -0.2) is 0 Å². The Morgan fingerprint density at radius 1 is 0.351 bits per heavy atom. The molecule has 74 heavy (non-hydrogen) atoms. The Bertz CT molecular complexity index is 4110. The second-order valence-electron chi connectivity index (χ2n) is 19.4. The minimum atomic E-state index is -4.85. The Hall–Kier alpha value is -9.43. The molecule has 12 rings (SSSR count). The molecule has 0 aliphatic rings.